The predicted molar refractivity (Wildman–Crippen MR) is 110 cm³/mol. The van der Waals surface area contributed by atoms with Crippen LogP contribution in [0.5, 0.6) is 0 Å². The summed E-state index contributed by atoms with van der Waals surface area (Å²) in [5, 5.41) is 2.71. The molecule has 1 N–H and O–H groups in total. The van der Waals surface area contributed by atoms with Gasteiger partial charge in [-0.1, -0.05) is 72.3 Å². The molecule has 3 aromatic rings. The van der Waals surface area contributed by atoms with E-state index in [0.717, 1.165) is 11.1 Å². The first-order valence-electron chi connectivity index (χ1n) is 9.22. The van der Waals surface area contributed by atoms with Crippen molar-refractivity contribution in [2.45, 2.75) is 13.5 Å². The number of hydrogen-bond donors (Lipinski definition) is 1. The van der Waals surface area contributed by atoms with Crippen molar-refractivity contribution >= 4 is 17.7 Å². The summed E-state index contributed by atoms with van der Waals surface area (Å²) < 4.78 is 5.05. The van der Waals surface area contributed by atoms with Crippen molar-refractivity contribution in [2.24, 2.45) is 0 Å². The van der Waals surface area contributed by atoms with E-state index in [1.165, 1.54) is 12.1 Å². The number of benzene rings is 3. The molecule has 0 spiro atoms. The molecule has 0 heterocycles. The Hall–Kier alpha value is -3.73. The third kappa shape index (κ3) is 5.62. The Morgan fingerprint density at radius 2 is 1.34 bits per heavy atom. The third-order valence-electron chi connectivity index (χ3n) is 4.36. The molecule has 29 heavy (non-hydrogen) atoms. The van der Waals surface area contributed by atoms with Crippen LogP contribution in [0.25, 0.3) is 0 Å². The van der Waals surface area contributed by atoms with Gasteiger partial charge in [0.25, 0.3) is 5.91 Å². The van der Waals surface area contributed by atoms with Crippen LogP contribution in [-0.4, -0.2) is 24.3 Å². The van der Waals surface area contributed by atoms with E-state index >= 15 is 0 Å². The van der Waals surface area contributed by atoms with Gasteiger partial charge >= 0.3 is 5.97 Å². The number of amides is 1. The Morgan fingerprint density at radius 1 is 0.759 bits per heavy atom. The van der Waals surface area contributed by atoms with Crippen LogP contribution < -0.4 is 5.32 Å². The van der Waals surface area contributed by atoms with Gasteiger partial charge in [-0.15, -0.1) is 0 Å². The van der Waals surface area contributed by atoms with E-state index in [0.29, 0.717) is 17.7 Å². The van der Waals surface area contributed by atoms with E-state index in [-0.39, 0.29) is 23.9 Å². The van der Waals surface area contributed by atoms with Crippen molar-refractivity contribution in [1.82, 2.24) is 5.32 Å². The van der Waals surface area contributed by atoms with Gasteiger partial charge < -0.3 is 10.1 Å². The van der Waals surface area contributed by atoms with Crippen LogP contribution in [0.2, 0.25) is 0 Å². The predicted octanol–water partition coefficient (Wildman–Crippen LogP) is 3.70. The number of aryl methyl sites for hydroxylation is 1. The fourth-order valence-electron chi connectivity index (χ4n) is 2.69. The summed E-state index contributed by atoms with van der Waals surface area (Å²) in [6.45, 7) is 1.99. The quantitative estimate of drug-likeness (QED) is 0.496. The Morgan fingerprint density at radius 3 is 2.00 bits per heavy atom. The molecule has 0 saturated heterocycles. The van der Waals surface area contributed by atoms with Gasteiger partial charge in [0, 0.05) is 17.7 Å². The average molecular weight is 387 g/mol. The van der Waals surface area contributed by atoms with Crippen molar-refractivity contribution in [3.8, 4) is 0 Å². The SMILES string of the molecule is Cc1ccc(CNC(=O)COC(=O)c2ccc(C(=O)c3ccccc3)cc2)cc1. The number of rotatable bonds is 7. The van der Waals surface area contributed by atoms with E-state index in [4.69, 9.17) is 4.74 Å². The Kier molecular flexibility index (Phi) is 6.53. The highest BCUT2D eigenvalue weighted by Crippen LogP contribution is 2.12. The maximum absolute atomic E-state index is 12.4. The highest BCUT2D eigenvalue weighted by Gasteiger charge is 2.13. The van der Waals surface area contributed by atoms with Crippen LogP contribution in [-0.2, 0) is 16.1 Å². The number of nitrogens with one attached hydrogen (secondary N) is 1. The summed E-state index contributed by atoms with van der Waals surface area (Å²) in [6, 6.07) is 22.9. The van der Waals surface area contributed by atoms with Crippen molar-refractivity contribution in [3.63, 3.8) is 0 Å². The molecule has 0 aromatic heterocycles. The lowest BCUT2D eigenvalue weighted by Crippen LogP contribution is -2.28. The first-order chi connectivity index (χ1) is 14.0. The standard InChI is InChI=1S/C24H21NO4/c1-17-7-9-18(10-8-17)15-25-22(26)16-29-24(28)21-13-11-20(12-14-21)23(27)19-5-3-2-4-6-19/h2-14H,15-16H2,1H3,(H,25,26). The number of ketones is 1. The first kappa shape index (κ1) is 20.0. The minimum Gasteiger partial charge on any atom is -0.452 e. The van der Waals surface area contributed by atoms with Crippen molar-refractivity contribution in [1.29, 1.82) is 0 Å². The summed E-state index contributed by atoms with van der Waals surface area (Å²) in [5.41, 5.74) is 3.44. The minimum atomic E-state index is -0.616. The Balaban J connectivity index is 1.49. The molecule has 0 saturated carbocycles. The molecule has 0 fully saturated rings. The zero-order chi connectivity index (χ0) is 20.6. The van der Waals surface area contributed by atoms with E-state index in [2.05, 4.69) is 5.32 Å². The first-order valence-corrected chi connectivity index (χ1v) is 9.22. The molecule has 146 valence electrons. The molecule has 1 amide bonds. The molecular formula is C24H21NO4. The fraction of sp³-hybridized carbons (Fsp3) is 0.125. The normalized spacial score (nSPS) is 10.2. The van der Waals surface area contributed by atoms with E-state index in [1.807, 2.05) is 37.3 Å². The summed E-state index contributed by atoms with van der Waals surface area (Å²) in [7, 11) is 0. The Labute approximate surface area is 169 Å². The molecule has 3 aromatic carbocycles. The monoisotopic (exact) mass is 387 g/mol. The van der Waals surface area contributed by atoms with Crippen LogP contribution in [0.15, 0.2) is 78.9 Å². The molecule has 5 nitrogen and oxygen atoms in total. The van der Waals surface area contributed by atoms with Crippen LogP contribution in [0.1, 0.15) is 37.4 Å². The molecule has 0 aliphatic carbocycles. The number of carbonyl (C=O) groups is 3. The second-order valence-corrected chi connectivity index (χ2v) is 6.61. The minimum absolute atomic E-state index is 0.124. The number of esters is 1. The van der Waals surface area contributed by atoms with Gasteiger partial charge in [-0.05, 0) is 24.6 Å². The smallest absolute Gasteiger partial charge is 0.338 e. The molecule has 0 aliphatic heterocycles. The van der Waals surface area contributed by atoms with Crippen LogP contribution >= 0.6 is 0 Å². The van der Waals surface area contributed by atoms with E-state index < -0.39 is 5.97 Å². The van der Waals surface area contributed by atoms with Gasteiger partial charge in [-0.2, -0.15) is 0 Å². The average Bonchev–Trinajstić information content (AvgIpc) is 2.77. The second-order valence-electron chi connectivity index (χ2n) is 6.61. The van der Waals surface area contributed by atoms with Crippen molar-refractivity contribution in [3.05, 3.63) is 107 Å². The van der Waals surface area contributed by atoms with Gasteiger partial charge in [-0.3, -0.25) is 9.59 Å². The van der Waals surface area contributed by atoms with Gasteiger partial charge in [0.05, 0.1) is 5.56 Å². The number of hydrogen-bond acceptors (Lipinski definition) is 4. The molecule has 0 bridgehead atoms. The van der Waals surface area contributed by atoms with Gasteiger partial charge in [0.1, 0.15) is 0 Å². The summed E-state index contributed by atoms with van der Waals surface area (Å²) >= 11 is 0. The van der Waals surface area contributed by atoms with Gasteiger partial charge in [0.2, 0.25) is 0 Å². The zero-order valence-electron chi connectivity index (χ0n) is 16.1. The lowest BCUT2D eigenvalue weighted by Gasteiger charge is -2.07. The molecule has 3 rings (SSSR count). The molecule has 0 unspecified atom stereocenters. The number of carbonyl (C=O) groups excluding carboxylic acids is 3. The lowest BCUT2D eigenvalue weighted by molar-refractivity contribution is -0.124. The lowest BCUT2D eigenvalue weighted by atomic mass is 10.0. The molecule has 5 heteroatoms. The maximum Gasteiger partial charge on any atom is 0.338 e. The molecule has 0 atom stereocenters. The molecular weight excluding hydrogens is 366 g/mol. The van der Waals surface area contributed by atoms with E-state index in [9.17, 15) is 14.4 Å². The Bertz CT molecular complexity index is 993. The maximum atomic E-state index is 12.4. The van der Waals surface area contributed by atoms with Crippen molar-refractivity contribution in [2.75, 3.05) is 6.61 Å². The molecule has 0 radical (unpaired) electrons. The van der Waals surface area contributed by atoms with E-state index in [1.54, 1.807) is 36.4 Å². The summed E-state index contributed by atoms with van der Waals surface area (Å²) in [5.74, 6) is -1.12. The van der Waals surface area contributed by atoms with Crippen molar-refractivity contribution < 1.29 is 19.1 Å². The van der Waals surface area contributed by atoms with Crippen LogP contribution in [0, 0.1) is 6.92 Å². The van der Waals surface area contributed by atoms with Gasteiger partial charge in [0.15, 0.2) is 12.4 Å². The largest absolute Gasteiger partial charge is 0.452 e. The van der Waals surface area contributed by atoms with Crippen LogP contribution in [0.4, 0.5) is 0 Å². The van der Waals surface area contributed by atoms with Crippen LogP contribution in [0.3, 0.4) is 0 Å². The second kappa shape index (κ2) is 9.46. The van der Waals surface area contributed by atoms with Gasteiger partial charge in [-0.25, -0.2) is 4.79 Å². The summed E-state index contributed by atoms with van der Waals surface area (Å²) in [4.78, 5) is 36.4. The fourth-order valence-corrected chi connectivity index (χ4v) is 2.69. The number of ether oxygens (including phenoxy) is 1. The highest BCUT2D eigenvalue weighted by molar-refractivity contribution is 6.09. The third-order valence-corrected chi connectivity index (χ3v) is 4.36. The summed E-state index contributed by atoms with van der Waals surface area (Å²) in [6.07, 6.45) is 0. The highest BCUT2D eigenvalue weighted by atomic mass is 16.5. The molecule has 0 aliphatic rings. The zero-order valence-corrected chi connectivity index (χ0v) is 16.1. The topological polar surface area (TPSA) is 72.5 Å².